The molecule has 0 aliphatic heterocycles. The Morgan fingerprint density at radius 2 is 2.10 bits per heavy atom. The van der Waals surface area contributed by atoms with Crippen molar-refractivity contribution in [1.29, 1.82) is 0 Å². The quantitative estimate of drug-likeness (QED) is 0.648. The molecule has 1 rings (SSSR count). The van der Waals surface area contributed by atoms with Gasteiger partial charge in [0, 0.05) is 11.6 Å². The summed E-state index contributed by atoms with van der Waals surface area (Å²) in [5.74, 6) is -1.38. The van der Waals surface area contributed by atoms with Gasteiger partial charge in [0.2, 0.25) is 0 Å². The van der Waals surface area contributed by atoms with Crippen LogP contribution in [-0.2, 0) is 14.3 Å². The number of carbonyl (C=O) groups excluding carboxylic acids is 2. The average molecular weight is 293 g/mol. The second-order valence-corrected chi connectivity index (χ2v) is 5.28. The molecular weight excluding hydrogens is 273 g/mol. The first-order chi connectivity index (χ1) is 9.82. The molecule has 1 amide bonds. The van der Waals surface area contributed by atoms with Gasteiger partial charge in [0.15, 0.2) is 6.61 Å². The van der Waals surface area contributed by atoms with Crippen molar-refractivity contribution in [2.24, 2.45) is 0 Å². The van der Waals surface area contributed by atoms with Crippen molar-refractivity contribution in [2.45, 2.75) is 32.7 Å². The van der Waals surface area contributed by atoms with Crippen LogP contribution in [0.4, 0.5) is 4.39 Å². The number of benzene rings is 1. The lowest BCUT2D eigenvalue weighted by atomic mass is 10.0. The Labute approximate surface area is 124 Å². The average Bonchev–Trinajstić information content (AvgIpc) is 2.42. The molecule has 0 heterocycles. The first-order valence-electron chi connectivity index (χ1n) is 6.74. The van der Waals surface area contributed by atoms with Crippen molar-refractivity contribution < 1.29 is 18.7 Å². The molecular formula is C16H20FNO3. The molecule has 0 aliphatic carbocycles. The Hall–Kier alpha value is -2.17. The second-order valence-electron chi connectivity index (χ2n) is 5.28. The molecule has 0 spiro atoms. The standard InChI is InChI=1S/C16H20FNO3/c1-4-16(2,3)18-14(19)11-21-15(20)9-8-12-6-5-7-13(17)10-12/h5-10H,4,11H2,1-3H3,(H,18,19)/b9-8+. The summed E-state index contributed by atoms with van der Waals surface area (Å²) in [6.45, 7) is 5.39. The van der Waals surface area contributed by atoms with Gasteiger partial charge in [-0.1, -0.05) is 19.1 Å². The van der Waals surface area contributed by atoms with Crippen LogP contribution in [0.25, 0.3) is 6.08 Å². The highest BCUT2D eigenvalue weighted by Gasteiger charge is 2.18. The van der Waals surface area contributed by atoms with Crippen LogP contribution in [0.1, 0.15) is 32.8 Å². The van der Waals surface area contributed by atoms with Gasteiger partial charge in [-0.25, -0.2) is 9.18 Å². The van der Waals surface area contributed by atoms with Crippen molar-refractivity contribution in [3.8, 4) is 0 Å². The second kappa shape index (κ2) is 7.57. The molecule has 114 valence electrons. The maximum absolute atomic E-state index is 12.9. The minimum Gasteiger partial charge on any atom is -0.452 e. The van der Waals surface area contributed by atoms with Crippen molar-refractivity contribution in [3.63, 3.8) is 0 Å². The fraction of sp³-hybridized carbons (Fsp3) is 0.375. The van der Waals surface area contributed by atoms with Crippen LogP contribution >= 0.6 is 0 Å². The van der Waals surface area contributed by atoms with Crippen LogP contribution in [0.2, 0.25) is 0 Å². The molecule has 0 unspecified atom stereocenters. The van der Waals surface area contributed by atoms with Gasteiger partial charge in [0.1, 0.15) is 5.82 Å². The highest BCUT2D eigenvalue weighted by atomic mass is 19.1. The molecule has 21 heavy (non-hydrogen) atoms. The molecule has 0 aromatic heterocycles. The summed E-state index contributed by atoms with van der Waals surface area (Å²) in [4.78, 5) is 23.0. The summed E-state index contributed by atoms with van der Waals surface area (Å²) >= 11 is 0. The zero-order valence-electron chi connectivity index (χ0n) is 12.5. The lowest BCUT2D eigenvalue weighted by Crippen LogP contribution is -2.44. The van der Waals surface area contributed by atoms with Crippen molar-refractivity contribution in [2.75, 3.05) is 6.61 Å². The van der Waals surface area contributed by atoms with E-state index in [0.717, 1.165) is 12.5 Å². The number of carbonyl (C=O) groups is 2. The van der Waals surface area contributed by atoms with E-state index in [9.17, 15) is 14.0 Å². The van der Waals surface area contributed by atoms with E-state index in [1.54, 1.807) is 12.1 Å². The van der Waals surface area contributed by atoms with Gasteiger partial charge in [0.05, 0.1) is 0 Å². The molecule has 0 radical (unpaired) electrons. The molecule has 0 saturated carbocycles. The van der Waals surface area contributed by atoms with E-state index < -0.39 is 5.97 Å². The van der Waals surface area contributed by atoms with Crippen LogP contribution in [0.15, 0.2) is 30.3 Å². The molecule has 5 heteroatoms. The molecule has 0 bridgehead atoms. The molecule has 0 aliphatic rings. The Balaban J connectivity index is 2.42. The van der Waals surface area contributed by atoms with Crippen LogP contribution in [0.5, 0.6) is 0 Å². The van der Waals surface area contributed by atoms with Gasteiger partial charge in [-0.05, 0) is 44.0 Å². The van der Waals surface area contributed by atoms with Gasteiger partial charge >= 0.3 is 5.97 Å². The maximum atomic E-state index is 12.9. The van der Waals surface area contributed by atoms with Crippen molar-refractivity contribution in [3.05, 3.63) is 41.7 Å². The van der Waals surface area contributed by atoms with Crippen LogP contribution in [-0.4, -0.2) is 24.0 Å². The SMILES string of the molecule is CCC(C)(C)NC(=O)COC(=O)/C=C/c1cccc(F)c1. The van der Waals surface area contributed by atoms with Gasteiger partial charge in [-0.3, -0.25) is 4.79 Å². The van der Waals surface area contributed by atoms with Crippen molar-refractivity contribution >= 4 is 18.0 Å². The van der Waals surface area contributed by atoms with Gasteiger partial charge < -0.3 is 10.1 Å². The molecule has 0 atom stereocenters. The number of hydrogen-bond donors (Lipinski definition) is 1. The third-order valence-electron chi connectivity index (χ3n) is 2.97. The van der Waals surface area contributed by atoms with E-state index in [2.05, 4.69) is 5.32 Å². The Kier molecular flexibility index (Phi) is 6.09. The van der Waals surface area contributed by atoms with Crippen LogP contribution in [0.3, 0.4) is 0 Å². The number of amides is 1. The summed E-state index contributed by atoms with van der Waals surface area (Å²) in [6.07, 6.45) is 3.36. The van der Waals surface area contributed by atoms with Crippen LogP contribution in [0, 0.1) is 5.82 Å². The zero-order valence-corrected chi connectivity index (χ0v) is 12.5. The van der Waals surface area contributed by atoms with E-state index in [1.807, 2.05) is 20.8 Å². The van der Waals surface area contributed by atoms with Gasteiger partial charge in [-0.2, -0.15) is 0 Å². The monoisotopic (exact) mass is 293 g/mol. The third-order valence-corrected chi connectivity index (χ3v) is 2.97. The van der Waals surface area contributed by atoms with E-state index in [1.165, 1.54) is 18.2 Å². The Morgan fingerprint density at radius 3 is 2.71 bits per heavy atom. The predicted molar refractivity (Wildman–Crippen MR) is 78.9 cm³/mol. The zero-order chi connectivity index (χ0) is 15.9. The summed E-state index contributed by atoms with van der Waals surface area (Å²) < 4.78 is 17.7. The van der Waals surface area contributed by atoms with E-state index in [-0.39, 0.29) is 23.9 Å². The van der Waals surface area contributed by atoms with E-state index >= 15 is 0 Å². The maximum Gasteiger partial charge on any atom is 0.331 e. The normalized spacial score (nSPS) is 11.4. The highest BCUT2D eigenvalue weighted by molar-refractivity contribution is 5.89. The highest BCUT2D eigenvalue weighted by Crippen LogP contribution is 2.07. The number of ether oxygens (including phenoxy) is 1. The number of nitrogens with one attached hydrogen (secondary N) is 1. The summed E-state index contributed by atoms with van der Waals surface area (Å²) in [5, 5.41) is 2.75. The fourth-order valence-corrected chi connectivity index (χ4v) is 1.46. The first kappa shape index (κ1) is 16.9. The van der Waals surface area contributed by atoms with Crippen molar-refractivity contribution in [1.82, 2.24) is 5.32 Å². The Morgan fingerprint density at radius 1 is 1.38 bits per heavy atom. The number of hydrogen-bond acceptors (Lipinski definition) is 3. The van der Waals surface area contributed by atoms with E-state index in [4.69, 9.17) is 4.74 Å². The number of esters is 1. The predicted octanol–water partition coefficient (Wildman–Crippen LogP) is 2.69. The molecule has 1 N–H and O–H groups in total. The number of rotatable bonds is 6. The number of halogens is 1. The smallest absolute Gasteiger partial charge is 0.331 e. The molecule has 1 aromatic rings. The lowest BCUT2D eigenvalue weighted by Gasteiger charge is -2.24. The summed E-state index contributed by atoms with van der Waals surface area (Å²) in [7, 11) is 0. The first-order valence-corrected chi connectivity index (χ1v) is 6.74. The molecule has 4 nitrogen and oxygen atoms in total. The molecule has 0 fully saturated rings. The Bertz CT molecular complexity index is 538. The van der Waals surface area contributed by atoms with Gasteiger partial charge in [0.25, 0.3) is 5.91 Å². The van der Waals surface area contributed by atoms with Gasteiger partial charge in [-0.15, -0.1) is 0 Å². The largest absolute Gasteiger partial charge is 0.452 e. The third kappa shape index (κ3) is 6.70. The van der Waals surface area contributed by atoms with E-state index in [0.29, 0.717) is 5.56 Å². The molecule has 0 saturated heterocycles. The summed E-state index contributed by atoms with van der Waals surface area (Å²) in [6, 6.07) is 5.81. The van der Waals surface area contributed by atoms with Crippen LogP contribution < -0.4 is 5.32 Å². The topological polar surface area (TPSA) is 55.4 Å². The fourth-order valence-electron chi connectivity index (χ4n) is 1.46. The summed E-state index contributed by atoms with van der Waals surface area (Å²) in [5.41, 5.74) is 0.212. The minimum atomic E-state index is -0.649. The lowest BCUT2D eigenvalue weighted by molar-refractivity contribution is -0.144. The minimum absolute atomic E-state index is 0.332. The molecule has 1 aromatic carbocycles.